The molecule has 0 saturated carbocycles. The molecule has 9 nitrogen and oxygen atoms in total. The Bertz CT molecular complexity index is 1220. The Hall–Kier alpha value is -4.40. The van der Waals surface area contributed by atoms with Gasteiger partial charge in [-0.2, -0.15) is 0 Å². The molecule has 0 atom stereocenters. The highest BCUT2D eigenvalue weighted by atomic mass is 16.5. The summed E-state index contributed by atoms with van der Waals surface area (Å²) in [6, 6.07) is 9.78. The standard InChI is InChI=1S/C24H22N6O3/c1-2-7-18(8-3-1)16-30(21-17-31-13-14-32-21)24-29-28-23(33-24)20-10-6-12-26-22(20)27-15-19-9-4-5-11-25-19/h1-2,4-7,9-14,17H,3,8,15-16H2,(H,26,27). The van der Waals surface area contributed by atoms with Crippen molar-refractivity contribution < 1.29 is 13.9 Å². The molecule has 166 valence electrons. The summed E-state index contributed by atoms with van der Waals surface area (Å²) in [7, 11) is 0. The molecule has 0 unspecified atom stereocenters. The van der Waals surface area contributed by atoms with Crippen LogP contribution in [0.4, 0.5) is 11.8 Å². The third-order valence-electron chi connectivity index (χ3n) is 5.07. The van der Waals surface area contributed by atoms with Crippen LogP contribution in [0.2, 0.25) is 0 Å². The largest absolute Gasteiger partial charge is 0.464 e. The molecule has 0 saturated heterocycles. The van der Waals surface area contributed by atoms with Crippen molar-refractivity contribution in [1.82, 2.24) is 20.2 Å². The summed E-state index contributed by atoms with van der Waals surface area (Å²) in [5.74, 6) is 1.43. The number of hydrogen-bond donors (Lipinski definition) is 1. The van der Waals surface area contributed by atoms with E-state index in [0.29, 0.717) is 42.3 Å². The second-order valence-corrected chi connectivity index (χ2v) is 7.32. The highest BCUT2D eigenvalue weighted by molar-refractivity contribution is 5.69. The van der Waals surface area contributed by atoms with E-state index >= 15 is 0 Å². The Balaban J connectivity index is 1.40. The Labute approximate surface area is 190 Å². The number of hydrogen-bond acceptors (Lipinski definition) is 9. The van der Waals surface area contributed by atoms with E-state index in [0.717, 1.165) is 18.5 Å². The molecule has 0 radical (unpaired) electrons. The van der Waals surface area contributed by atoms with E-state index in [1.165, 1.54) is 24.4 Å². The highest BCUT2D eigenvalue weighted by Crippen LogP contribution is 2.30. The molecule has 4 heterocycles. The molecule has 1 aliphatic heterocycles. The zero-order chi connectivity index (χ0) is 22.3. The SMILES string of the molecule is C1=CCCC(CN(C2=COC=CO2)c2nnc(-c3cccnc3NCc3ccccn3)o2)=C1. The van der Waals surface area contributed by atoms with Crippen LogP contribution in [0.5, 0.6) is 0 Å². The minimum Gasteiger partial charge on any atom is -0.464 e. The van der Waals surface area contributed by atoms with E-state index in [-0.39, 0.29) is 0 Å². The molecule has 1 N–H and O–H groups in total. The third kappa shape index (κ3) is 4.93. The van der Waals surface area contributed by atoms with Gasteiger partial charge in [0.05, 0.1) is 24.3 Å². The van der Waals surface area contributed by atoms with Crippen molar-refractivity contribution in [2.24, 2.45) is 0 Å². The van der Waals surface area contributed by atoms with Gasteiger partial charge in [0.1, 0.15) is 18.3 Å². The van der Waals surface area contributed by atoms with Crippen molar-refractivity contribution in [3.05, 3.63) is 96.9 Å². The summed E-state index contributed by atoms with van der Waals surface area (Å²) < 4.78 is 17.0. The predicted octanol–water partition coefficient (Wildman–Crippen LogP) is 4.54. The predicted molar refractivity (Wildman–Crippen MR) is 122 cm³/mol. The van der Waals surface area contributed by atoms with Gasteiger partial charge in [0.25, 0.3) is 5.89 Å². The lowest BCUT2D eigenvalue weighted by atomic mass is 10.1. The first-order valence-electron chi connectivity index (χ1n) is 10.6. The molecule has 0 spiro atoms. The number of rotatable bonds is 8. The Morgan fingerprint density at radius 2 is 2.00 bits per heavy atom. The lowest BCUT2D eigenvalue weighted by molar-refractivity contribution is 0.245. The molecule has 2 aliphatic rings. The fourth-order valence-corrected chi connectivity index (χ4v) is 3.44. The summed E-state index contributed by atoms with van der Waals surface area (Å²) in [6.07, 6.45) is 16.1. The summed E-state index contributed by atoms with van der Waals surface area (Å²) in [6.45, 7) is 1.05. The minimum atomic E-state index is 0.296. The second-order valence-electron chi connectivity index (χ2n) is 7.32. The van der Waals surface area contributed by atoms with Crippen molar-refractivity contribution in [1.29, 1.82) is 0 Å². The van der Waals surface area contributed by atoms with Gasteiger partial charge in [0.2, 0.25) is 5.88 Å². The van der Waals surface area contributed by atoms with Crippen molar-refractivity contribution >= 4 is 11.8 Å². The van der Waals surface area contributed by atoms with Crippen LogP contribution in [0.1, 0.15) is 18.5 Å². The average molecular weight is 442 g/mol. The van der Waals surface area contributed by atoms with E-state index in [1.54, 1.807) is 17.3 Å². The number of ether oxygens (including phenoxy) is 2. The molecular weight excluding hydrogens is 420 g/mol. The molecule has 3 aromatic rings. The summed E-state index contributed by atoms with van der Waals surface area (Å²) in [5.41, 5.74) is 2.81. The first kappa shape index (κ1) is 20.5. The fourth-order valence-electron chi connectivity index (χ4n) is 3.44. The quantitative estimate of drug-likeness (QED) is 0.539. The topological polar surface area (TPSA) is 98.4 Å². The number of anilines is 2. The van der Waals surface area contributed by atoms with Gasteiger partial charge in [-0.3, -0.25) is 9.88 Å². The molecule has 5 rings (SSSR count). The second kappa shape index (κ2) is 9.82. The van der Waals surface area contributed by atoms with Gasteiger partial charge in [-0.1, -0.05) is 29.4 Å². The smallest absolute Gasteiger partial charge is 0.325 e. The van der Waals surface area contributed by atoms with Crippen molar-refractivity contribution in [3.8, 4) is 11.5 Å². The maximum atomic E-state index is 6.08. The van der Waals surface area contributed by atoms with Gasteiger partial charge in [-0.05, 0) is 42.7 Å². The van der Waals surface area contributed by atoms with Crippen LogP contribution in [0.15, 0.2) is 95.6 Å². The van der Waals surface area contributed by atoms with Crippen LogP contribution in [-0.2, 0) is 16.0 Å². The van der Waals surface area contributed by atoms with Crippen LogP contribution in [0, 0.1) is 0 Å². The number of nitrogens with zero attached hydrogens (tertiary/aromatic N) is 5. The van der Waals surface area contributed by atoms with Crippen LogP contribution >= 0.6 is 0 Å². The number of aromatic nitrogens is 4. The van der Waals surface area contributed by atoms with Gasteiger partial charge in [-0.15, -0.1) is 5.10 Å². The van der Waals surface area contributed by atoms with E-state index in [2.05, 4.69) is 43.7 Å². The van der Waals surface area contributed by atoms with Gasteiger partial charge in [-0.25, -0.2) is 4.98 Å². The number of allylic oxidation sites excluding steroid dienone is 3. The molecule has 0 amide bonds. The number of nitrogens with one attached hydrogen (secondary N) is 1. The molecule has 0 bridgehead atoms. The van der Waals surface area contributed by atoms with Gasteiger partial charge in [0.15, 0.2) is 6.26 Å². The summed E-state index contributed by atoms with van der Waals surface area (Å²) in [4.78, 5) is 10.6. The van der Waals surface area contributed by atoms with Crippen LogP contribution in [0.3, 0.4) is 0 Å². The Morgan fingerprint density at radius 3 is 2.82 bits per heavy atom. The van der Waals surface area contributed by atoms with Gasteiger partial charge in [0, 0.05) is 12.4 Å². The van der Waals surface area contributed by atoms with Gasteiger partial charge < -0.3 is 19.2 Å². The molecule has 3 aromatic heterocycles. The third-order valence-corrected chi connectivity index (χ3v) is 5.07. The summed E-state index contributed by atoms with van der Waals surface area (Å²) in [5, 5.41) is 11.9. The molecule has 9 heteroatoms. The van der Waals surface area contributed by atoms with Crippen molar-refractivity contribution in [2.75, 3.05) is 16.8 Å². The lowest BCUT2D eigenvalue weighted by Crippen LogP contribution is -2.27. The maximum absolute atomic E-state index is 6.08. The monoisotopic (exact) mass is 442 g/mol. The zero-order valence-electron chi connectivity index (χ0n) is 17.8. The van der Waals surface area contributed by atoms with Crippen LogP contribution < -0.4 is 10.2 Å². The van der Waals surface area contributed by atoms with E-state index in [1.807, 2.05) is 30.3 Å². The van der Waals surface area contributed by atoms with E-state index in [4.69, 9.17) is 13.9 Å². The molecule has 0 aromatic carbocycles. The first-order chi connectivity index (χ1) is 16.4. The number of pyridine rings is 2. The Kier molecular flexibility index (Phi) is 6.10. The first-order valence-corrected chi connectivity index (χ1v) is 10.6. The van der Waals surface area contributed by atoms with Crippen LogP contribution in [-0.4, -0.2) is 26.7 Å². The van der Waals surface area contributed by atoms with Gasteiger partial charge >= 0.3 is 6.01 Å². The van der Waals surface area contributed by atoms with Crippen LogP contribution in [0.25, 0.3) is 11.5 Å². The minimum absolute atomic E-state index is 0.296. The molecular formula is C24H22N6O3. The molecule has 33 heavy (non-hydrogen) atoms. The molecule has 1 aliphatic carbocycles. The fraction of sp³-hybridized carbons (Fsp3) is 0.167. The van der Waals surface area contributed by atoms with Crippen molar-refractivity contribution in [3.63, 3.8) is 0 Å². The normalized spacial score (nSPS) is 14.7. The van der Waals surface area contributed by atoms with E-state index in [9.17, 15) is 0 Å². The highest BCUT2D eigenvalue weighted by Gasteiger charge is 2.24. The van der Waals surface area contributed by atoms with E-state index < -0.39 is 0 Å². The maximum Gasteiger partial charge on any atom is 0.325 e. The Morgan fingerprint density at radius 1 is 1.03 bits per heavy atom. The lowest BCUT2D eigenvalue weighted by Gasteiger charge is -2.24. The molecule has 0 fully saturated rings. The van der Waals surface area contributed by atoms with Crippen molar-refractivity contribution in [2.45, 2.75) is 19.4 Å². The summed E-state index contributed by atoms with van der Waals surface area (Å²) >= 11 is 0. The average Bonchev–Trinajstić information content (AvgIpc) is 3.38. The zero-order valence-corrected chi connectivity index (χ0v) is 17.8.